The molecule has 43 heavy (non-hydrogen) atoms. The zero-order chi connectivity index (χ0) is 32.6. The third kappa shape index (κ3) is 7.07. The van der Waals surface area contributed by atoms with Crippen LogP contribution in [0.3, 0.4) is 0 Å². The Kier molecular flexibility index (Phi) is 8.69. The molecular weight excluding hydrogens is 550 g/mol. The van der Waals surface area contributed by atoms with Crippen molar-refractivity contribution in [2.75, 3.05) is 0 Å². The van der Waals surface area contributed by atoms with Crippen LogP contribution >= 0.6 is 0 Å². The van der Waals surface area contributed by atoms with Gasteiger partial charge in [-0.1, -0.05) is 0 Å². The van der Waals surface area contributed by atoms with E-state index in [1.807, 2.05) is 55.4 Å². The van der Waals surface area contributed by atoms with E-state index >= 15 is 0 Å². The van der Waals surface area contributed by atoms with E-state index in [1.54, 1.807) is 0 Å². The highest BCUT2D eigenvalue weighted by Crippen LogP contribution is 2.45. The topological polar surface area (TPSA) is 126 Å². The first-order valence-corrected chi connectivity index (χ1v) is 16.0. The molecule has 5 unspecified atom stereocenters. The fourth-order valence-electron chi connectivity index (χ4n) is 8.64. The first-order chi connectivity index (χ1) is 19.4. The van der Waals surface area contributed by atoms with Crippen LogP contribution in [-0.4, -0.2) is 79.7 Å². The largest absolute Gasteiger partial charge is 0.462 e. The SMILES string of the molecule is CC1(C)CC(C(=O)OC2CC(OC(=O)C3CC(C)(C)NC3(C)C)CC(OC(=O)C3CC(C)(C)N(O)C3(C)C)C2)C(C)(C)N1. The van der Waals surface area contributed by atoms with Crippen LogP contribution in [0.5, 0.6) is 0 Å². The Balaban J connectivity index is 1.51. The Hall–Kier alpha value is -1.75. The smallest absolute Gasteiger partial charge is 0.311 e. The zero-order valence-corrected chi connectivity index (χ0v) is 28.6. The molecule has 10 nitrogen and oxygen atoms in total. The fourth-order valence-corrected chi connectivity index (χ4v) is 8.64. The lowest BCUT2D eigenvalue weighted by Gasteiger charge is -2.37. The van der Waals surface area contributed by atoms with Gasteiger partial charge >= 0.3 is 17.9 Å². The molecule has 4 fully saturated rings. The highest BCUT2D eigenvalue weighted by Gasteiger charge is 2.56. The van der Waals surface area contributed by atoms with E-state index in [0.717, 1.165) is 0 Å². The van der Waals surface area contributed by atoms with E-state index in [2.05, 4.69) is 38.3 Å². The lowest BCUT2D eigenvalue weighted by atomic mass is 9.85. The van der Waals surface area contributed by atoms with Crippen LogP contribution < -0.4 is 10.6 Å². The number of hydroxylamine groups is 2. The molecule has 4 rings (SSSR count). The van der Waals surface area contributed by atoms with E-state index in [1.165, 1.54) is 5.06 Å². The van der Waals surface area contributed by atoms with Crippen LogP contribution in [0.1, 0.15) is 122 Å². The molecule has 246 valence electrons. The second kappa shape index (κ2) is 11.0. The van der Waals surface area contributed by atoms with Crippen molar-refractivity contribution >= 4 is 17.9 Å². The molecule has 0 aromatic heterocycles. The third-order valence-electron chi connectivity index (χ3n) is 10.4. The summed E-state index contributed by atoms with van der Waals surface area (Å²) in [5.74, 6) is -2.20. The summed E-state index contributed by atoms with van der Waals surface area (Å²) in [5, 5.41) is 19.1. The molecule has 4 aliphatic rings. The molecule has 0 aromatic carbocycles. The summed E-state index contributed by atoms with van der Waals surface area (Å²) in [5.41, 5.74) is -2.66. The van der Waals surface area contributed by atoms with E-state index in [4.69, 9.17) is 14.2 Å². The predicted octanol–water partition coefficient (Wildman–Crippen LogP) is 4.51. The molecule has 1 saturated carbocycles. The molecule has 3 heterocycles. The molecule has 1 aliphatic carbocycles. The molecule has 0 spiro atoms. The average Bonchev–Trinajstić information content (AvgIpc) is 3.26. The second-order valence-electron chi connectivity index (χ2n) is 17.4. The third-order valence-corrected chi connectivity index (χ3v) is 10.4. The summed E-state index contributed by atoms with van der Waals surface area (Å²) in [6.07, 6.45) is 1.02. The Labute approximate surface area is 258 Å². The van der Waals surface area contributed by atoms with Crippen molar-refractivity contribution in [1.82, 2.24) is 15.7 Å². The lowest BCUT2D eigenvalue weighted by Crippen LogP contribution is -2.49. The van der Waals surface area contributed by atoms with Crippen molar-refractivity contribution in [1.29, 1.82) is 0 Å². The number of carbonyl (C=O) groups is 3. The van der Waals surface area contributed by atoms with E-state index in [0.29, 0.717) is 38.5 Å². The van der Waals surface area contributed by atoms with Gasteiger partial charge in [-0.15, -0.1) is 0 Å². The molecule has 5 atom stereocenters. The Morgan fingerprint density at radius 2 is 0.907 bits per heavy atom. The van der Waals surface area contributed by atoms with Crippen molar-refractivity contribution in [2.45, 2.75) is 173 Å². The van der Waals surface area contributed by atoms with Crippen molar-refractivity contribution in [3.8, 4) is 0 Å². The Bertz CT molecular complexity index is 1050. The minimum Gasteiger partial charge on any atom is -0.462 e. The predicted molar refractivity (Wildman–Crippen MR) is 162 cm³/mol. The quantitative estimate of drug-likeness (QED) is 0.293. The van der Waals surface area contributed by atoms with Crippen LogP contribution in [0.4, 0.5) is 0 Å². The molecular formula is C33H57N3O7. The minimum atomic E-state index is -0.811. The van der Waals surface area contributed by atoms with E-state index in [-0.39, 0.29) is 34.9 Å². The number of hydrogen-bond acceptors (Lipinski definition) is 10. The molecule has 10 heteroatoms. The van der Waals surface area contributed by atoms with Crippen molar-refractivity contribution < 1.29 is 33.8 Å². The normalized spacial score (nSPS) is 37.0. The average molecular weight is 608 g/mol. The van der Waals surface area contributed by atoms with Crippen molar-refractivity contribution in [3.63, 3.8) is 0 Å². The monoisotopic (exact) mass is 607 g/mol. The van der Waals surface area contributed by atoms with Crippen molar-refractivity contribution in [2.24, 2.45) is 17.8 Å². The Morgan fingerprint density at radius 1 is 0.581 bits per heavy atom. The molecule has 0 radical (unpaired) electrons. The van der Waals surface area contributed by atoms with Gasteiger partial charge in [0.2, 0.25) is 0 Å². The highest BCUT2D eigenvalue weighted by atomic mass is 16.6. The first-order valence-electron chi connectivity index (χ1n) is 16.0. The maximum atomic E-state index is 13.6. The lowest BCUT2D eigenvalue weighted by molar-refractivity contribution is -0.202. The Morgan fingerprint density at radius 3 is 1.16 bits per heavy atom. The van der Waals surface area contributed by atoms with Gasteiger partial charge in [-0.2, -0.15) is 5.06 Å². The number of ether oxygens (including phenoxy) is 3. The molecule has 0 bridgehead atoms. The number of esters is 3. The van der Waals surface area contributed by atoms with E-state index in [9.17, 15) is 19.6 Å². The van der Waals surface area contributed by atoms with Gasteiger partial charge < -0.3 is 30.1 Å². The minimum absolute atomic E-state index is 0.200. The number of nitrogens with one attached hydrogen (secondary N) is 2. The zero-order valence-electron chi connectivity index (χ0n) is 28.6. The first kappa shape index (κ1) is 34.1. The van der Waals surface area contributed by atoms with Gasteiger partial charge in [0, 0.05) is 47.0 Å². The van der Waals surface area contributed by atoms with Crippen LogP contribution in [-0.2, 0) is 28.6 Å². The molecule has 0 amide bonds. The van der Waals surface area contributed by atoms with Gasteiger partial charge in [-0.25, -0.2) is 0 Å². The summed E-state index contributed by atoms with van der Waals surface area (Å²) in [7, 11) is 0. The van der Waals surface area contributed by atoms with Crippen LogP contribution in [0.25, 0.3) is 0 Å². The molecule has 0 aromatic rings. The fraction of sp³-hybridized carbons (Fsp3) is 0.909. The summed E-state index contributed by atoms with van der Waals surface area (Å²) in [6.45, 7) is 23.8. The standard InChI is InChI=1S/C33H57N3O7/c1-28(2)16-22(31(7,8)34-28)25(37)41-19-13-20(42-26(38)23-17-29(3,4)35-32(23,9)10)15-21(14-19)43-27(39)24-18-30(5,6)36(40)33(24,11)12/h19-24,34-35,40H,13-18H2,1-12H3. The second-order valence-corrected chi connectivity index (χ2v) is 17.4. The number of nitrogens with zero attached hydrogens (tertiary/aromatic N) is 1. The molecule has 3 N–H and O–H groups in total. The summed E-state index contributed by atoms with van der Waals surface area (Å²) in [6, 6.07) is 0. The van der Waals surface area contributed by atoms with Gasteiger partial charge in [0.15, 0.2) is 0 Å². The van der Waals surface area contributed by atoms with Gasteiger partial charge in [0.05, 0.1) is 23.3 Å². The maximum absolute atomic E-state index is 13.6. The molecule has 3 aliphatic heterocycles. The van der Waals surface area contributed by atoms with Gasteiger partial charge in [-0.05, 0) is 102 Å². The van der Waals surface area contributed by atoms with Crippen LogP contribution in [0.2, 0.25) is 0 Å². The maximum Gasteiger partial charge on any atom is 0.311 e. The number of carbonyl (C=O) groups excluding carboxylic acids is 3. The van der Waals surface area contributed by atoms with E-state index < -0.39 is 52.4 Å². The van der Waals surface area contributed by atoms with Gasteiger partial charge in [0.1, 0.15) is 18.3 Å². The highest BCUT2D eigenvalue weighted by molar-refractivity contribution is 5.76. The number of rotatable bonds is 6. The summed E-state index contributed by atoms with van der Waals surface area (Å²) < 4.78 is 18.3. The van der Waals surface area contributed by atoms with Gasteiger partial charge in [0.25, 0.3) is 0 Å². The van der Waals surface area contributed by atoms with Crippen LogP contribution in [0.15, 0.2) is 0 Å². The van der Waals surface area contributed by atoms with Crippen LogP contribution in [0, 0.1) is 17.8 Å². The van der Waals surface area contributed by atoms with Gasteiger partial charge in [-0.3, -0.25) is 14.4 Å². The summed E-state index contributed by atoms with van der Waals surface area (Å²) >= 11 is 0. The van der Waals surface area contributed by atoms with Crippen molar-refractivity contribution in [3.05, 3.63) is 0 Å². The molecule has 3 saturated heterocycles. The summed E-state index contributed by atoms with van der Waals surface area (Å²) in [4.78, 5) is 40.6. The number of hydrogen-bond donors (Lipinski definition) is 3.